The summed E-state index contributed by atoms with van der Waals surface area (Å²) < 4.78 is 11.3. The number of amides is 1. The lowest BCUT2D eigenvalue weighted by atomic mass is 10.2. The standard InChI is InChI=1S/C19H20BrNO4/c1-3-13-5-10-17(16(20)11-13)25-12-18(22)21-15-8-6-14(7-9-15)19(23)24-4-2/h5-11H,3-4,12H2,1-2H3,(H,21,22). The first-order chi connectivity index (χ1) is 12.0. The highest BCUT2D eigenvalue weighted by atomic mass is 79.9. The third kappa shape index (κ3) is 5.60. The smallest absolute Gasteiger partial charge is 0.338 e. The minimum atomic E-state index is -0.385. The molecule has 25 heavy (non-hydrogen) atoms. The second kappa shape index (κ2) is 9.22. The summed E-state index contributed by atoms with van der Waals surface area (Å²) in [5, 5.41) is 2.72. The van der Waals surface area contributed by atoms with Crippen LogP contribution in [0.2, 0.25) is 0 Å². The van der Waals surface area contributed by atoms with Crippen LogP contribution in [0.15, 0.2) is 46.9 Å². The van der Waals surface area contributed by atoms with Gasteiger partial charge in [-0.3, -0.25) is 4.79 Å². The number of halogens is 1. The van der Waals surface area contributed by atoms with Crippen molar-refractivity contribution in [2.24, 2.45) is 0 Å². The molecular formula is C19H20BrNO4. The fourth-order valence-corrected chi connectivity index (χ4v) is 2.67. The molecule has 0 aliphatic heterocycles. The minimum absolute atomic E-state index is 0.107. The second-order valence-electron chi connectivity index (χ2n) is 5.25. The largest absolute Gasteiger partial charge is 0.483 e. The molecule has 5 nitrogen and oxygen atoms in total. The first-order valence-electron chi connectivity index (χ1n) is 8.01. The van der Waals surface area contributed by atoms with E-state index in [1.807, 2.05) is 18.2 Å². The van der Waals surface area contributed by atoms with Crippen LogP contribution >= 0.6 is 15.9 Å². The van der Waals surface area contributed by atoms with Gasteiger partial charge in [-0.15, -0.1) is 0 Å². The van der Waals surface area contributed by atoms with Crippen molar-refractivity contribution in [3.63, 3.8) is 0 Å². The first-order valence-corrected chi connectivity index (χ1v) is 8.81. The molecule has 0 fully saturated rings. The summed E-state index contributed by atoms with van der Waals surface area (Å²) in [7, 11) is 0. The Morgan fingerprint density at radius 2 is 1.80 bits per heavy atom. The summed E-state index contributed by atoms with van der Waals surface area (Å²) in [4.78, 5) is 23.6. The summed E-state index contributed by atoms with van der Waals surface area (Å²) >= 11 is 3.44. The number of ether oxygens (including phenoxy) is 2. The van der Waals surface area contributed by atoms with E-state index in [0.29, 0.717) is 23.6 Å². The predicted octanol–water partition coefficient (Wildman–Crippen LogP) is 4.21. The highest BCUT2D eigenvalue weighted by Gasteiger charge is 2.09. The zero-order chi connectivity index (χ0) is 18.2. The van der Waals surface area contributed by atoms with Crippen molar-refractivity contribution in [1.82, 2.24) is 0 Å². The van der Waals surface area contributed by atoms with Crippen molar-refractivity contribution in [3.05, 3.63) is 58.1 Å². The second-order valence-corrected chi connectivity index (χ2v) is 6.11. The molecule has 0 atom stereocenters. The summed E-state index contributed by atoms with van der Waals surface area (Å²) in [5.74, 6) is -0.0514. The fraction of sp³-hybridized carbons (Fsp3) is 0.263. The molecule has 132 valence electrons. The Hall–Kier alpha value is -2.34. The maximum absolute atomic E-state index is 12.0. The van der Waals surface area contributed by atoms with E-state index in [1.54, 1.807) is 31.2 Å². The normalized spacial score (nSPS) is 10.2. The minimum Gasteiger partial charge on any atom is -0.483 e. The van der Waals surface area contributed by atoms with E-state index in [1.165, 1.54) is 5.56 Å². The van der Waals surface area contributed by atoms with Gasteiger partial charge in [0.25, 0.3) is 5.91 Å². The molecule has 0 aromatic heterocycles. The number of anilines is 1. The molecule has 2 aromatic carbocycles. The Labute approximate surface area is 155 Å². The molecule has 0 spiro atoms. The number of aryl methyl sites for hydroxylation is 1. The van der Waals surface area contributed by atoms with Crippen LogP contribution in [0.4, 0.5) is 5.69 Å². The third-order valence-electron chi connectivity index (χ3n) is 3.44. The first kappa shape index (κ1) is 19.0. The Kier molecular flexibility index (Phi) is 7.01. The Balaban J connectivity index is 1.89. The lowest BCUT2D eigenvalue weighted by Crippen LogP contribution is -2.20. The zero-order valence-corrected chi connectivity index (χ0v) is 15.8. The van der Waals surface area contributed by atoms with Crippen molar-refractivity contribution >= 4 is 33.5 Å². The number of carbonyl (C=O) groups is 2. The molecule has 0 unspecified atom stereocenters. The molecule has 2 rings (SSSR count). The number of hydrogen-bond acceptors (Lipinski definition) is 4. The van der Waals surface area contributed by atoms with Crippen molar-refractivity contribution in [2.75, 3.05) is 18.5 Å². The number of benzene rings is 2. The van der Waals surface area contributed by atoms with E-state index in [0.717, 1.165) is 10.9 Å². The molecule has 0 bridgehead atoms. The van der Waals surface area contributed by atoms with Crippen LogP contribution < -0.4 is 10.1 Å². The van der Waals surface area contributed by atoms with E-state index in [-0.39, 0.29) is 18.5 Å². The van der Waals surface area contributed by atoms with E-state index in [4.69, 9.17) is 9.47 Å². The maximum atomic E-state index is 12.0. The number of hydrogen-bond donors (Lipinski definition) is 1. The van der Waals surface area contributed by atoms with Crippen LogP contribution in [-0.2, 0) is 16.0 Å². The number of carbonyl (C=O) groups excluding carboxylic acids is 2. The molecule has 0 heterocycles. The van der Waals surface area contributed by atoms with Gasteiger partial charge in [-0.25, -0.2) is 4.79 Å². The molecule has 1 amide bonds. The van der Waals surface area contributed by atoms with Crippen molar-refractivity contribution < 1.29 is 19.1 Å². The Bertz CT molecular complexity index is 744. The SMILES string of the molecule is CCOC(=O)c1ccc(NC(=O)COc2ccc(CC)cc2Br)cc1. The van der Waals surface area contributed by atoms with Gasteiger partial charge in [-0.1, -0.05) is 13.0 Å². The summed E-state index contributed by atoms with van der Waals surface area (Å²) in [5.41, 5.74) is 2.21. The molecule has 0 aliphatic rings. The van der Waals surface area contributed by atoms with Gasteiger partial charge in [-0.2, -0.15) is 0 Å². The molecule has 0 saturated heterocycles. The lowest BCUT2D eigenvalue weighted by Gasteiger charge is -2.10. The van der Waals surface area contributed by atoms with Gasteiger partial charge in [0.1, 0.15) is 5.75 Å². The highest BCUT2D eigenvalue weighted by molar-refractivity contribution is 9.10. The Morgan fingerprint density at radius 1 is 1.08 bits per heavy atom. The monoisotopic (exact) mass is 405 g/mol. The predicted molar refractivity (Wildman–Crippen MR) is 100 cm³/mol. The Morgan fingerprint density at radius 3 is 2.40 bits per heavy atom. The van der Waals surface area contributed by atoms with Crippen LogP contribution in [0.25, 0.3) is 0 Å². The molecule has 0 saturated carbocycles. The van der Waals surface area contributed by atoms with Crippen LogP contribution in [-0.4, -0.2) is 25.1 Å². The summed E-state index contributed by atoms with van der Waals surface area (Å²) in [6, 6.07) is 12.3. The van der Waals surface area contributed by atoms with Gasteiger partial charge in [0, 0.05) is 5.69 Å². The van der Waals surface area contributed by atoms with E-state index >= 15 is 0 Å². The number of rotatable bonds is 7. The van der Waals surface area contributed by atoms with E-state index in [2.05, 4.69) is 28.2 Å². The fourth-order valence-electron chi connectivity index (χ4n) is 2.13. The molecule has 2 aromatic rings. The van der Waals surface area contributed by atoms with Gasteiger partial charge in [0.05, 0.1) is 16.6 Å². The average molecular weight is 406 g/mol. The van der Waals surface area contributed by atoms with Crippen molar-refractivity contribution in [3.8, 4) is 5.75 Å². The average Bonchev–Trinajstić information content (AvgIpc) is 2.61. The van der Waals surface area contributed by atoms with Crippen LogP contribution in [0.1, 0.15) is 29.8 Å². The topological polar surface area (TPSA) is 64.6 Å². The quantitative estimate of drug-likeness (QED) is 0.700. The van der Waals surface area contributed by atoms with Crippen molar-refractivity contribution in [1.29, 1.82) is 0 Å². The van der Waals surface area contributed by atoms with Gasteiger partial charge in [0.2, 0.25) is 0 Å². The summed E-state index contributed by atoms with van der Waals surface area (Å²) in [6.45, 7) is 4.04. The third-order valence-corrected chi connectivity index (χ3v) is 4.06. The maximum Gasteiger partial charge on any atom is 0.338 e. The van der Waals surface area contributed by atoms with Crippen LogP contribution in [0.5, 0.6) is 5.75 Å². The molecule has 0 aliphatic carbocycles. The lowest BCUT2D eigenvalue weighted by molar-refractivity contribution is -0.118. The van der Waals surface area contributed by atoms with Gasteiger partial charge >= 0.3 is 5.97 Å². The van der Waals surface area contributed by atoms with Crippen molar-refractivity contribution in [2.45, 2.75) is 20.3 Å². The van der Waals surface area contributed by atoms with E-state index in [9.17, 15) is 9.59 Å². The molecule has 1 N–H and O–H groups in total. The highest BCUT2D eigenvalue weighted by Crippen LogP contribution is 2.26. The molecule has 0 radical (unpaired) electrons. The van der Waals surface area contributed by atoms with Crippen LogP contribution in [0.3, 0.4) is 0 Å². The van der Waals surface area contributed by atoms with Crippen LogP contribution in [0, 0.1) is 0 Å². The van der Waals surface area contributed by atoms with Gasteiger partial charge < -0.3 is 14.8 Å². The van der Waals surface area contributed by atoms with E-state index < -0.39 is 0 Å². The molecular weight excluding hydrogens is 386 g/mol. The number of nitrogens with one attached hydrogen (secondary N) is 1. The van der Waals surface area contributed by atoms with Gasteiger partial charge in [-0.05, 0) is 71.2 Å². The van der Waals surface area contributed by atoms with Gasteiger partial charge in [0.15, 0.2) is 6.61 Å². The zero-order valence-electron chi connectivity index (χ0n) is 14.2. The number of esters is 1. The molecule has 6 heteroatoms. The summed E-state index contributed by atoms with van der Waals surface area (Å²) in [6.07, 6.45) is 0.932.